The summed E-state index contributed by atoms with van der Waals surface area (Å²) in [6.07, 6.45) is -1.75. The number of nitro benzene ring substituents is 1. The minimum atomic E-state index is -1.57. The number of rotatable bonds is 7. The zero-order chi connectivity index (χ0) is 27.9. The van der Waals surface area contributed by atoms with Crippen LogP contribution in [-0.2, 0) is 24.0 Å². The van der Waals surface area contributed by atoms with Crippen molar-refractivity contribution in [1.29, 1.82) is 0 Å². The molecule has 0 aliphatic carbocycles. The van der Waals surface area contributed by atoms with Gasteiger partial charge in [0.15, 0.2) is 0 Å². The second-order valence-corrected chi connectivity index (χ2v) is 9.14. The summed E-state index contributed by atoms with van der Waals surface area (Å²) >= 11 is 1.76. The second-order valence-electron chi connectivity index (χ2n) is 7.98. The lowest BCUT2D eigenvalue weighted by molar-refractivity contribution is -0.385. The van der Waals surface area contributed by atoms with Crippen LogP contribution < -0.4 is 32.7 Å². The van der Waals surface area contributed by atoms with E-state index in [0.717, 1.165) is 6.07 Å². The first kappa shape index (κ1) is 29.2. The lowest BCUT2D eigenvalue weighted by atomic mass is 10.0. The van der Waals surface area contributed by atoms with E-state index in [1.54, 1.807) is 22.6 Å². The maximum absolute atomic E-state index is 13.2. The number of carbonyl (C=O) groups is 6. The van der Waals surface area contributed by atoms with E-state index in [0.29, 0.717) is 0 Å². The number of fused-ring (bicyclic) bond motifs is 1. The van der Waals surface area contributed by atoms with Crippen molar-refractivity contribution in [1.82, 2.24) is 16.0 Å². The molecule has 16 nitrogen and oxygen atoms in total. The highest BCUT2D eigenvalue weighted by Crippen LogP contribution is 2.29. The Balaban J connectivity index is 2.58. The third-order valence-corrected chi connectivity index (χ3v) is 6.08. The average Bonchev–Trinajstić information content (AvgIpc) is 2.79. The molecule has 0 bridgehead atoms. The number of amides is 5. The molecule has 1 aromatic carbocycles. The number of nitrogens with one attached hydrogen (secondary N) is 4. The number of nitro groups is 1. The number of carboxylic acids is 1. The molecule has 1 aliphatic rings. The van der Waals surface area contributed by atoms with Gasteiger partial charge in [0.05, 0.1) is 22.6 Å². The van der Waals surface area contributed by atoms with E-state index in [1.807, 2.05) is 0 Å². The fraction of sp³-hybridized carbons (Fsp3) is 0.400. The van der Waals surface area contributed by atoms with Gasteiger partial charge in [0.2, 0.25) is 23.6 Å². The minimum absolute atomic E-state index is 0.0305. The number of aliphatic carboxylic acids is 1. The zero-order valence-corrected chi connectivity index (χ0v) is 21.3. The first-order valence-electron chi connectivity index (χ1n) is 10.7. The Hall–Kier alpha value is -4.03. The standard InChI is InChI=1S/C20H24IN7O9/c21-10-6-8(28(36)37)5-9-16(10)24-4-3-11(17(23)32)25-20(35)13(7-14(22)29)27-19(34)12(26-18(9)33)1-2-15(30)31/h5-6,11-13,24H,1-4,7H2,(H2,22,29)(H2,23,32)(H,25,35)(H,26,33)(H,27,34)(H,30,31)/t11?,12-,13?/m0/s1. The summed E-state index contributed by atoms with van der Waals surface area (Å²) in [7, 11) is 0. The van der Waals surface area contributed by atoms with Crippen LogP contribution in [-0.4, -0.2) is 70.2 Å². The number of benzene rings is 1. The van der Waals surface area contributed by atoms with Gasteiger partial charge in [-0.25, -0.2) is 0 Å². The maximum atomic E-state index is 13.2. The molecule has 200 valence electrons. The van der Waals surface area contributed by atoms with E-state index < -0.39 is 83.5 Å². The number of hydrogen-bond donors (Lipinski definition) is 7. The third-order valence-electron chi connectivity index (χ3n) is 5.23. The number of primary amides is 2. The van der Waals surface area contributed by atoms with Gasteiger partial charge in [-0.1, -0.05) is 0 Å². The molecule has 0 fully saturated rings. The highest BCUT2D eigenvalue weighted by molar-refractivity contribution is 14.1. The van der Waals surface area contributed by atoms with Crippen molar-refractivity contribution in [3.63, 3.8) is 0 Å². The van der Waals surface area contributed by atoms with Crippen LogP contribution in [0.15, 0.2) is 12.1 Å². The molecule has 0 saturated heterocycles. The van der Waals surface area contributed by atoms with E-state index in [-0.39, 0.29) is 27.8 Å². The molecule has 0 radical (unpaired) electrons. The molecule has 2 unspecified atom stereocenters. The van der Waals surface area contributed by atoms with Crippen LogP contribution in [0.5, 0.6) is 0 Å². The maximum Gasteiger partial charge on any atom is 0.303 e. The van der Waals surface area contributed by atoms with Gasteiger partial charge in [0.1, 0.15) is 18.1 Å². The van der Waals surface area contributed by atoms with Crippen LogP contribution in [0.1, 0.15) is 36.0 Å². The summed E-state index contributed by atoms with van der Waals surface area (Å²) in [4.78, 5) is 84.1. The summed E-state index contributed by atoms with van der Waals surface area (Å²) in [5.74, 6) is -6.12. The Labute approximate surface area is 222 Å². The monoisotopic (exact) mass is 633 g/mol. The summed E-state index contributed by atoms with van der Waals surface area (Å²) in [5.41, 5.74) is 10.0. The second kappa shape index (κ2) is 12.8. The molecule has 0 spiro atoms. The lowest BCUT2D eigenvalue weighted by Crippen LogP contribution is -2.57. The number of anilines is 1. The van der Waals surface area contributed by atoms with Gasteiger partial charge in [-0.05, 0) is 35.4 Å². The van der Waals surface area contributed by atoms with Crippen LogP contribution in [0, 0.1) is 13.7 Å². The first-order valence-corrected chi connectivity index (χ1v) is 11.8. The number of carboxylic acid groups (broad SMARTS) is 1. The van der Waals surface area contributed by atoms with E-state index in [2.05, 4.69) is 21.3 Å². The zero-order valence-electron chi connectivity index (χ0n) is 19.1. The van der Waals surface area contributed by atoms with Gasteiger partial charge in [-0.15, -0.1) is 0 Å². The van der Waals surface area contributed by atoms with Crippen LogP contribution in [0.3, 0.4) is 0 Å². The summed E-state index contributed by atoms with van der Waals surface area (Å²) in [6, 6.07) is -2.18. The number of nitrogens with zero attached hydrogens (tertiary/aromatic N) is 1. The molecule has 0 saturated carbocycles. The van der Waals surface area contributed by atoms with Crippen molar-refractivity contribution in [2.45, 2.75) is 43.8 Å². The molecule has 1 aliphatic heterocycles. The molecule has 5 amide bonds. The largest absolute Gasteiger partial charge is 0.481 e. The van der Waals surface area contributed by atoms with Crippen molar-refractivity contribution in [2.24, 2.45) is 11.5 Å². The number of nitrogens with two attached hydrogens (primary N) is 2. The number of carbonyl (C=O) groups excluding carboxylic acids is 5. The number of non-ortho nitro benzene ring substituents is 1. The number of halogens is 1. The molecular weight excluding hydrogens is 609 g/mol. The summed E-state index contributed by atoms with van der Waals surface area (Å²) in [6.45, 7) is -0.0305. The molecule has 1 aromatic rings. The Morgan fingerprint density at radius 3 is 2.30 bits per heavy atom. The van der Waals surface area contributed by atoms with Crippen LogP contribution >= 0.6 is 22.6 Å². The van der Waals surface area contributed by atoms with Crippen molar-refractivity contribution >= 4 is 69.5 Å². The summed E-state index contributed by atoms with van der Waals surface area (Å²) < 4.78 is 0.261. The highest BCUT2D eigenvalue weighted by atomic mass is 127. The van der Waals surface area contributed by atoms with Crippen LogP contribution in [0.2, 0.25) is 0 Å². The van der Waals surface area contributed by atoms with E-state index in [4.69, 9.17) is 16.6 Å². The Bertz CT molecular complexity index is 1140. The highest BCUT2D eigenvalue weighted by Gasteiger charge is 2.32. The smallest absolute Gasteiger partial charge is 0.303 e. The Morgan fingerprint density at radius 1 is 1.08 bits per heavy atom. The normalized spacial score (nSPS) is 20.7. The van der Waals surface area contributed by atoms with Crippen molar-refractivity contribution in [3.05, 3.63) is 31.4 Å². The van der Waals surface area contributed by atoms with Crippen LogP contribution in [0.4, 0.5) is 11.4 Å². The fourth-order valence-corrected chi connectivity index (χ4v) is 4.21. The van der Waals surface area contributed by atoms with Gasteiger partial charge in [0, 0.05) is 28.7 Å². The predicted molar refractivity (Wildman–Crippen MR) is 134 cm³/mol. The third kappa shape index (κ3) is 8.26. The molecule has 3 atom stereocenters. The first-order chi connectivity index (χ1) is 17.3. The number of hydrogen-bond acceptors (Lipinski definition) is 9. The average molecular weight is 633 g/mol. The molecule has 37 heavy (non-hydrogen) atoms. The Morgan fingerprint density at radius 2 is 1.73 bits per heavy atom. The van der Waals surface area contributed by atoms with Crippen molar-refractivity contribution < 1.29 is 38.8 Å². The minimum Gasteiger partial charge on any atom is -0.481 e. The topological polar surface area (TPSA) is 266 Å². The molecule has 1 heterocycles. The Kier molecular flexibility index (Phi) is 10.1. The molecule has 2 rings (SSSR count). The molecular formula is C20H24IN7O9. The van der Waals surface area contributed by atoms with E-state index in [9.17, 15) is 38.9 Å². The van der Waals surface area contributed by atoms with Gasteiger partial charge >= 0.3 is 5.97 Å². The molecule has 9 N–H and O–H groups in total. The SMILES string of the molecule is NC(=O)CC1NC(=O)[C@H](CCC(=O)O)NC(=O)c2cc([N+](=O)[O-])cc(I)c2NCCC(C(N)=O)NC1=O. The van der Waals surface area contributed by atoms with Gasteiger partial charge in [-0.2, -0.15) is 0 Å². The quantitative estimate of drug-likeness (QED) is 0.102. The molecule has 17 heteroatoms. The lowest BCUT2D eigenvalue weighted by Gasteiger charge is -2.25. The van der Waals surface area contributed by atoms with Crippen LogP contribution in [0.25, 0.3) is 0 Å². The van der Waals surface area contributed by atoms with Crippen molar-refractivity contribution in [3.8, 4) is 0 Å². The van der Waals surface area contributed by atoms with E-state index in [1.165, 1.54) is 6.07 Å². The van der Waals surface area contributed by atoms with Gasteiger partial charge in [-0.3, -0.25) is 38.9 Å². The predicted octanol–water partition coefficient (Wildman–Crippen LogP) is -1.69. The van der Waals surface area contributed by atoms with Gasteiger partial charge in [0.25, 0.3) is 11.6 Å². The molecule has 0 aromatic heterocycles. The fourth-order valence-electron chi connectivity index (χ4n) is 3.41. The summed E-state index contributed by atoms with van der Waals surface area (Å²) in [5, 5.41) is 30.2. The van der Waals surface area contributed by atoms with Crippen molar-refractivity contribution in [2.75, 3.05) is 11.9 Å². The van der Waals surface area contributed by atoms with Gasteiger partial charge < -0.3 is 37.8 Å². The van der Waals surface area contributed by atoms with E-state index >= 15 is 0 Å².